The van der Waals surface area contributed by atoms with Gasteiger partial charge in [0, 0.05) is 5.56 Å². The lowest BCUT2D eigenvalue weighted by Crippen LogP contribution is -2.30. The first kappa shape index (κ1) is 10.3. The second-order valence-electron chi connectivity index (χ2n) is 4.24. The van der Waals surface area contributed by atoms with Crippen LogP contribution in [0.1, 0.15) is 23.2 Å². The van der Waals surface area contributed by atoms with Crippen molar-refractivity contribution >= 4 is 16.9 Å². The number of fused-ring (bicyclic) bond motifs is 1. The summed E-state index contributed by atoms with van der Waals surface area (Å²) in [5, 5.41) is 3.16. The highest BCUT2D eigenvalue weighted by Crippen LogP contribution is 2.16. The van der Waals surface area contributed by atoms with E-state index in [1.54, 1.807) is 18.2 Å². The molecule has 5 nitrogen and oxygen atoms in total. The van der Waals surface area contributed by atoms with Crippen LogP contribution in [-0.4, -0.2) is 23.4 Å². The van der Waals surface area contributed by atoms with Gasteiger partial charge in [-0.05, 0) is 37.6 Å². The van der Waals surface area contributed by atoms with Crippen LogP contribution in [0.4, 0.5) is 0 Å². The third kappa shape index (κ3) is 1.78. The molecule has 88 valence electrons. The third-order valence-electron chi connectivity index (χ3n) is 3.08. The van der Waals surface area contributed by atoms with E-state index in [2.05, 4.69) is 10.3 Å². The van der Waals surface area contributed by atoms with E-state index in [-0.39, 0.29) is 11.8 Å². The van der Waals surface area contributed by atoms with Crippen LogP contribution in [0.25, 0.3) is 11.1 Å². The van der Waals surface area contributed by atoms with Gasteiger partial charge >= 0.3 is 5.76 Å². The summed E-state index contributed by atoms with van der Waals surface area (Å²) >= 11 is 0. The standard InChI is InChI=1S/C12H12N2O3/c15-11(8-2-1-5-13-8)7-3-4-10-9(6-7)14-12(16)17-10/h3-4,6,8,13H,1-2,5H2,(H,14,16). The van der Waals surface area contributed by atoms with Gasteiger partial charge < -0.3 is 9.73 Å². The molecule has 0 aliphatic carbocycles. The Morgan fingerprint density at radius 3 is 3.06 bits per heavy atom. The highest BCUT2D eigenvalue weighted by Gasteiger charge is 2.23. The van der Waals surface area contributed by atoms with Crippen molar-refractivity contribution in [2.75, 3.05) is 6.54 Å². The maximum absolute atomic E-state index is 12.1. The molecule has 1 fully saturated rings. The molecule has 3 rings (SSSR count). The fourth-order valence-corrected chi connectivity index (χ4v) is 2.21. The van der Waals surface area contributed by atoms with Crippen molar-refractivity contribution < 1.29 is 9.21 Å². The first-order chi connectivity index (χ1) is 8.24. The van der Waals surface area contributed by atoms with Crippen LogP contribution in [0.15, 0.2) is 27.4 Å². The predicted octanol–water partition coefficient (Wildman–Crippen LogP) is 1.06. The zero-order valence-corrected chi connectivity index (χ0v) is 9.16. The Morgan fingerprint density at radius 2 is 2.29 bits per heavy atom. The smallest absolute Gasteiger partial charge is 0.408 e. The number of carbonyl (C=O) groups excluding carboxylic acids is 1. The van der Waals surface area contributed by atoms with E-state index in [4.69, 9.17) is 4.42 Å². The molecule has 0 amide bonds. The van der Waals surface area contributed by atoms with Crippen LogP contribution < -0.4 is 11.1 Å². The Hall–Kier alpha value is -1.88. The number of rotatable bonds is 2. The van der Waals surface area contributed by atoms with E-state index in [1.165, 1.54) is 0 Å². The molecule has 1 atom stereocenters. The highest BCUT2D eigenvalue weighted by molar-refractivity contribution is 6.02. The number of benzene rings is 1. The quantitative estimate of drug-likeness (QED) is 0.759. The summed E-state index contributed by atoms with van der Waals surface area (Å²) in [6.45, 7) is 0.890. The molecule has 5 heteroatoms. The number of oxazole rings is 1. The third-order valence-corrected chi connectivity index (χ3v) is 3.08. The molecule has 0 radical (unpaired) electrons. The minimum Gasteiger partial charge on any atom is -0.408 e. The van der Waals surface area contributed by atoms with Crippen molar-refractivity contribution in [1.29, 1.82) is 0 Å². The Kier molecular flexibility index (Phi) is 2.33. The molecule has 0 spiro atoms. The minimum absolute atomic E-state index is 0.0754. The Labute approximate surface area is 96.8 Å². The van der Waals surface area contributed by atoms with E-state index in [1.807, 2.05) is 0 Å². The number of hydrogen-bond donors (Lipinski definition) is 2. The van der Waals surface area contributed by atoms with Gasteiger partial charge in [0.1, 0.15) is 0 Å². The van der Waals surface area contributed by atoms with Crippen LogP contribution in [0, 0.1) is 0 Å². The fourth-order valence-electron chi connectivity index (χ4n) is 2.21. The van der Waals surface area contributed by atoms with Gasteiger partial charge in [0.2, 0.25) is 0 Å². The van der Waals surface area contributed by atoms with E-state index in [9.17, 15) is 9.59 Å². The van der Waals surface area contributed by atoms with Crippen LogP contribution >= 0.6 is 0 Å². The Morgan fingerprint density at radius 1 is 1.41 bits per heavy atom. The molecule has 1 aliphatic heterocycles. The predicted molar refractivity (Wildman–Crippen MR) is 62.2 cm³/mol. The van der Waals surface area contributed by atoms with Crippen LogP contribution in [0.5, 0.6) is 0 Å². The molecule has 1 unspecified atom stereocenters. The molecule has 0 saturated carbocycles. The summed E-state index contributed by atoms with van der Waals surface area (Å²) < 4.78 is 4.89. The number of carbonyl (C=O) groups is 1. The van der Waals surface area contributed by atoms with Crippen LogP contribution in [0.2, 0.25) is 0 Å². The monoisotopic (exact) mass is 232 g/mol. The maximum atomic E-state index is 12.1. The summed E-state index contributed by atoms with van der Waals surface area (Å²) in [7, 11) is 0. The van der Waals surface area contributed by atoms with Gasteiger partial charge in [0.25, 0.3) is 0 Å². The van der Waals surface area contributed by atoms with Gasteiger partial charge in [-0.1, -0.05) is 0 Å². The normalized spacial score (nSPS) is 19.9. The number of aromatic nitrogens is 1. The Bertz CT molecular complexity index is 620. The first-order valence-corrected chi connectivity index (χ1v) is 5.64. The minimum atomic E-state index is -0.497. The highest BCUT2D eigenvalue weighted by atomic mass is 16.4. The largest absolute Gasteiger partial charge is 0.417 e. The molecule has 2 heterocycles. The summed E-state index contributed by atoms with van der Waals surface area (Å²) in [5.74, 6) is -0.421. The number of ketones is 1. The van der Waals surface area contributed by atoms with Gasteiger partial charge in [-0.15, -0.1) is 0 Å². The lowest BCUT2D eigenvalue weighted by molar-refractivity contribution is 0.0952. The Balaban J connectivity index is 1.99. The average Bonchev–Trinajstić information content (AvgIpc) is 2.94. The second-order valence-corrected chi connectivity index (χ2v) is 4.24. The molecule has 1 aromatic carbocycles. The summed E-state index contributed by atoms with van der Waals surface area (Å²) in [6.07, 6.45) is 1.90. The molecule has 2 aromatic rings. The molecule has 17 heavy (non-hydrogen) atoms. The van der Waals surface area contributed by atoms with Gasteiger partial charge in [-0.2, -0.15) is 0 Å². The number of hydrogen-bond acceptors (Lipinski definition) is 4. The van der Waals surface area contributed by atoms with Crippen molar-refractivity contribution in [1.82, 2.24) is 10.3 Å². The zero-order valence-electron chi connectivity index (χ0n) is 9.16. The first-order valence-electron chi connectivity index (χ1n) is 5.64. The molecule has 1 aromatic heterocycles. The second kappa shape index (κ2) is 3.85. The fraction of sp³-hybridized carbons (Fsp3) is 0.333. The number of nitrogens with one attached hydrogen (secondary N) is 2. The molecule has 1 saturated heterocycles. The van der Waals surface area contributed by atoms with Crippen LogP contribution in [0.3, 0.4) is 0 Å². The van der Waals surface area contributed by atoms with Gasteiger partial charge in [-0.25, -0.2) is 4.79 Å². The zero-order chi connectivity index (χ0) is 11.8. The van der Waals surface area contributed by atoms with Crippen molar-refractivity contribution in [2.45, 2.75) is 18.9 Å². The van der Waals surface area contributed by atoms with Gasteiger partial charge in [0.15, 0.2) is 11.4 Å². The topological polar surface area (TPSA) is 75.1 Å². The van der Waals surface area contributed by atoms with Gasteiger partial charge in [0.05, 0.1) is 11.6 Å². The van der Waals surface area contributed by atoms with E-state index in [0.717, 1.165) is 19.4 Å². The van der Waals surface area contributed by atoms with Gasteiger partial charge in [-0.3, -0.25) is 9.78 Å². The summed E-state index contributed by atoms with van der Waals surface area (Å²) in [5.41, 5.74) is 1.65. The molecular weight excluding hydrogens is 220 g/mol. The average molecular weight is 232 g/mol. The van der Waals surface area contributed by atoms with Crippen molar-refractivity contribution in [3.63, 3.8) is 0 Å². The number of H-pyrrole nitrogens is 1. The summed E-state index contributed by atoms with van der Waals surface area (Å²) in [4.78, 5) is 25.7. The molecule has 2 N–H and O–H groups in total. The van der Waals surface area contributed by atoms with E-state index >= 15 is 0 Å². The molecular formula is C12H12N2O3. The van der Waals surface area contributed by atoms with E-state index < -0.39 is 5.76 Å². The lowest BCUT2D eigenvalue weighted by Gasteiger charge is -2.08. The van der Waals surface area contributed by atoms with Crippen molar-refractivity contribution in [3.05, 3.63) is 34.3 Å². The molecule has 0 bridgehead atoms. The SMILES string of the molecule is O=C(c1ccc2oc(=O)[nH]c2c1)C1CCCN1. The van der Waals surface area contributed by atoms with Crippen molar-refractivity contribution in [3.8, 4) is 0 Å². The summed E-state index contributed by atoms with van der Waals surface area (Å²) in [6, 6.07) is 4.92. The van der Waals surface area contributed by atoms with E-state index in [0.29, 0.717) is 16.7 Å². The maximum Gasteiger partial charge on any atom is 0.417 e. The van der Waals surface area contributed by atoms with Crippen molar-refractivity contribution in [2.24, 2.45) is 0 Å². The molecule has 1 aliphatic rings. The van der Waals surface area contributed by atoms with Crippen LogP contribution in [-0.2, 0) is 0 Å². The lowest BCUT2D eigenvalue weighted by atomic mass is 10.0. The number of Topliss-reactive ketones (excluding diaryl/α,β-unsaturated/α-hetero) is 1. The number of aromatic amines is 1.